The minimum atomic E-state index is -0.180. The number of anilines is 1. The molecule has 0 saturated carbocycles. The Morgan fingerprint density at radius 1 is 1.29 bits per heavy atom. The molecule has 0 spiro atoms. The molecule has 0 aliphatic heterocycles. The molecule has 0 unspecified atom stereocenters. The van der Waals surface area contributed by atoms with Crippen LogP contribution in [0.2, 0.25) is 0 Å². The number of aryl methyl sites for hydroxylation is 1. The predicted octanol–water partition coefficient (Wildman–Crippen LogP) is 1.70. The summed E-state index contributed by atoms with van der Waals surface area (Å²) < 4.78 is 0. The zero-order chi connectivity index (χ0) is 12.3. The van der Waals surface area contributed by atoms with Crippen LogP contribution < -0.4 is 5.43 Å². The van der Waals surface area contributed by atoms with Crippen LogP contribution in [0.3, 0.4) is 0 Å². The van der Waals surface area contributed by atoms with E-state index in [4.69, 9.17) is 5.11 Å². The van der Waals surface area contributed by atoms with Crippen LogP contribution in [-0.4, -0.2) is 26.6 Å². The van der Waals surface area contributed by atoms with Crippen LogP contribution in [-0.2, 0) is 0 Å². The van der Waals surface area contributed by atoms with Crippen molar-refractivity contribution in [3.05, 3.63) is 28.8 Å². The van der Waals surface area contributed by atoms with Crippen LogP contribution in [0.5, 0.6) is 11.5 Å². The Balaban J connectivity index is 2.03. The Bertz CT molecular complexity index is 553. The summed E-state index contributed by atoms with van der Waals surface area (Å²) in [4.78, 5) is 0. The van der Waals surface area contributed by atoms with Gasteiger partial charge in [0, 0.05) is 0 Å². The monoisotopic (exact) mass is 250 g/mol. The van der Waals surface area contributed by atoms with Crippen molar-refractivity contribution in [2.45, 2.75) is 6.92 Å². The standard InChI is InChI=1S/C10H10N4O2S/c1-6-12-14-10(17-6)13-11-5-7-2-3-8(15)9(16)4-7/h2-5,15-16H,1H3,(H,13,14)/b11-5+. The van der Waals surface area contributed by atoms with Gasteiger partial charge in [-0.15, -0.1) is 10.2 Å². The molecule has 2 rings (SSSR count). The number of benzene rings is 1. The van der Waals surface area contributed by atoms with E-state index in [1.165, 1.54) is 29.7 Å². The summed E-state index contributed by atoms with van der Waals surface area (Å²) in [5.41, 5.74) is 3.38. The van der Waals surface area contributed by atoms with Crippen molar-refractivity contribution >= 4 is 22.7 Å². The number of phenols is 2. The van der Waals surface area contributed by atoms with Gasteiger partial charge in [0.15, 0.2) is 11.5 Å². The zero-order valence-corrected chi connectivity index (χ0v) is 9.77. The van der Waals surface area contributed by atoms with E-state index < -0.39 is 0 Å². The van der Waals surface area contributed by atoms with E-state index in [9.17, 15) is 5.11 Å². The van der Waals surface area contributed by atoms with Crippen molar-refractivity contribution in [3.63, 3.8) is 0 Å². The molecule has 0 radical (unpaired) electrons. The number of phenolic OH excluding ortho intramolecular Hbond substituents is 2. The molecule has 1 aromatic carbocycles. The van der Waals surface area contributed by atoms with Gasteiger partial charge >= 0.3 is 0 Å². The molecular formula is C10H10N4O2S. The number of aromatic hydroxyl groups is 2. The van der Waals surface area contributed by atoms with E-state index >= 15 is 0 Å². The molecule has 0 aliphatic rings. The first-order valence-electron chi connectivity index (χ1n) is 4.76. The number of hydrazone groups is 1. The summed E-state index contributed by atoms with van der Waals surface area (Å²) in [6, 6.07) is 4.43. The maximum atomic E-state index is 9.27. The van der Waals surface area contributed by atoms with Crippen LogP contribution in [0.15, 0.2) is 23.3 Å². The molecule has 1 heterocycles. The number of nitrogens with zero attached hydrogens (tertiary/aromatic N) is 3. The molecule has 0 bridgehead atoms. The maximum absolute atomic E-state index is 9.27. The molecule has 1 aromatic heterocycles. The fourth-order valence-electron chi connectivity index (χ4n) is 1.12. The second kappa shape index (κ2) is 4.79. The second-order valence-electron chi connectivity index (χ2n) is 3.24. The van der Waals surface area contributed by atoms with Gasteiger partial charge < -0.3 is 10.2 Å². The molecular weight excluding hydrogens is 240 g/mol. The van der Waals surface area contributed by atoms with Gasteiger partial charge in [-0.3, -0.25) is 5.43 Å². The van der Waals surface area contributed by atoms with Crippen molar-refractivity contribution in [2.75, 3.05) is 5.43 Å². The van der Waals surface area contributed by atoms with E-state index in [0.717, 1.165) is 5.01 Å². The van der Waals surface area contributed by atoms with E-state index in [-0.39, 0.29) is 11.5 Å². The number of nitrogens with one attached hydrogen (secondary N) is 1. The van der Waals surface area contributed by atoms with Crippen LogP contribution in [0.1, 0.15) is 10.6 Å². The number of hydrogen-bond acceptors (Lipinski definition) is 7. The Kier molecular flexibility index (Phi) is 3.20. The molecule has 3 N–H and O–H groups in total. The van der Waals surface area contributed by atoms with E-state index in [0.29, 0.717) is 10.7 Å². The van der Waals surface area contributed by atoms with Gasteiger partial charge in [-0.25, -0.2) is 0 Å². The third-order valence-corrected chi connectivity index (χ3v) is 2.64. The van der Waals surface area contributed by atoms with Crippen molar-refractivity contribution < 1.29 is 10.2 Å². The van der Waals surface area contributed by atoms with Crippen LogP contribution in [0.25, 0.3) is 0 Å². The number of rotatable bonds is 3. The van der Waals surface area contributed by atoms with Gasteiger partial charge in [0.05, 0.1) is 6.21 Å². The van der Waals surface area contributed by atoms with Crippen molar-refractivity contribution in [3.8, 4) is 11.5 Å². The predicted molar refractivity (Wildman–Crippen MR) is 65.6 cm³/mol. The van der Waals surface area contributed by atoms with Crippen molar-refractivity contribution in [1.29, 1.82) is 0 Å². The minimum Gasteiger partial charge on any atom is -0.504 e. The highest BCUT2D eigenvalue weighted by atomic mass is 32.1. The third-order valence-electron chi connectivity index (χ3n) is 1.90. The smallest absolute Gasteiger partial charge is 0.225 e. The van der Waals surface area contributed by atoms with Crippen molar-refractivity contribution in [2.24, 2.45) is 5.10 Å². The van der Waals surface area contributed by atoms with Crippen molar-refractivity contribution in [1.82, 2.24) is 10.2 Å². The van der Waals surface area contributed by atoms with Gasteiger partial charge in [0.25, 0.3) is 0 Å². The fourth-order valence-corrected chi connectivity index (χ4v) is 1.67. The lowest BCUT2D eigenvalue weighted by Crippen LogP contribution is -1.89. The molecule has 2 aromatic rings. The quantitative estimate of drug-likeness (QED) is 0.438. The second-order valence-corrected chi connectivity index (χ2v) is 4.43. The summed E-state index contributed by atoms with van der Waals surface area (Å²) in [7, 11) is 0. The Morgan fingerprint density at radius 3 is 2.76 bits per heavy atom. The zero-order valence-electron chi connectivity index (χ0n) is 8.95. The highest BCUT2D eigenvalue weighted by Crippen LogP contribution is 2.24. The molecule has 7 heteroatoms. The van der Waals surface area contributed by atoms with E-state index in [1.54, 1.807) is 6.07 Å². The molecule has 0 amide bonds. The van der Waals surface area contributed by atoms with Gasteiger partial charge in [-0.05, 0) is 30.7 Å². The largest absolute Gasteiger partial charge is 0.504 e. The lowest BCUT2D eigenvalue weighted by atomic mass is 10.2. The third kappa shape index (κ3) is 2.91. The van der Waals surface area contributed by atoms with Gasteiger partial charge in [-0.2, -0.15) is 5.10 Å². The maximum Gasteiger partial charge on any atom is 0.225 e. The molecule has 0 atom stereocenters. The SMILES string of the molecule is Cc1nnc(N/N=C/c2ccc(O)c(O)c2)s1. The van der Waals surface area contributed by atoms with E-state index in [1.807, 2.05) is 6.92 Å². The molecule has 0 saturated heterocycles. The Labute approximate surface area is 101 Å². The lowest BCUT2D eigenvalue weighted by molar-refractivity contribution is 0.403. The first-order chi connectivity index (χ1) is 8.15. The average Bonchev–Trinajstić information content (AvgIpc) is 2.70. The fraction of sp³-hybridized carbons (Fsp3) is 0.100. The normalized spacial score (nSPS) is 10.9. The number of hydrogen-bond donors (Lipinski definition) is 3. The minimum absolute atomic E-state index is 0.158. The summed E-state index contributed by atoms with van der Waals surface area (Å²) in [5.74, 6) is -0.337. The molecule has 0 fully saturated rings. The van der Waals surface area contributed by atoms with Gasteiger partial charge in [0.2, 0.25) is 5.13 Å². The summed E-state index contributed by atoms with van der Waals surface area (Å²) in [6.07, 6.45) is 1.51. The molecule has 0 aliphatic carbocycles. The topological polar surface area (TPSA) is 90.6 Å². The lowest BCUT2D eigenvalue weighted by Gasteiger charge is -1.98. The number of aromatic nitrogens is 2. The molecule has 6 nitrogen and oxygen atoms in total. The highest BCUT2D eigenvalue weighted by Gasteiger charge is 1.99. The highest BCUT2D eigenvalue weighted by molar-refractivity contribution is 7.15. The van der Waals surface area contributed by atoms with Gasteiger partial charge in [0.1, 0.15) is 5.01 Å². The summed E-state index contributed by atoms with van der Waals surface area (Å²) in [6.45, 7) is 1.85. The van der Waals surface area contributed by atoms with Crippen LogP contribution >= 0.6 is 11.3 Å². The van der Waals surface area contributed by atoms with E-state index in [2.05, 4.69) is 20.7 Å². The summed E-state index contributed by atoms with van der Waals surface area (Å²) >= 11 is 1.39. The first kappa shape index (κ1) is 11.3. The van der Waals surface area contributed by atoms with Crippen LogP contribution in [0.4, 0.5) is 5.13 Å². The van der Waals surface area contributed by atoms with Gasteiger partial charge in [-0.1, -0.05) is 11.3 Å². The Morgan fingerprint density at radius 2 is 2.12 bits per heavy atom. The Hall–Kier alpha value is -2.15. The molecule has 17 heavy (non-hydrogen) atoms. The average molecular weight is 250 g/mol. The summed E-state index contributed by atoms with van der Waals surface area (Å²) in [5, 5.41) is 31.4. The van der Waals surface area contributed by atoms with Crippen LogP contribution in [0, 0.1) is 6.92 Å². The molecule has 88 valence electrons. The first-order valence-corrected chi connectivity index (χ1v) is 5.58.